The molecule has 0 saturated heterocycles. The number of para-hydroxylation sites is 1. The molecule has 88 valence electrons. The number of rotatable bonds is 2. The van der Waals surface area contributed by atoms with Crippen LogP contribution < -0.4 is 10.6 Å². The predicted octanol–water partition coefficient (Wildman–Crippen LogP) is 0.817. The number of amides is 1. The third-order valence-electron chi connectivity index (χ3n) is 2.48. The number of hydrogen-bond acceptors (Lipinski definition) is 3. The number of benzene rings is 1. The van der Waals surface area contributed by atoms with Crippen LogP contribution in [0.5, 0.6) is 0 Å². The number of hydrogen-bond donors (Lipinski definition) is 2. The third kappa shape index (κ3) is 1.73. The number of nitrogens with zero attached hydrogens (tertiary/aromatic N) is 1. The van der Waals surface area contributed by atoms with Crippen molar-refractivity contribution in [3.63, 3.8) is 0 Å². The Morgan fingerprint density at radius 3 is 2.59 bits per heavy atom. The topological polar surface area (TPSA) is 83.6 Å². The lowest BCUT2D eigenvalue weighted by Crippen LogP contribution is -2.29. The minimum absolute atomic E-state index is 0.0359. The van der Waals surface area contributed by atoms with Gasteiger partial charge >= 0.3 is 5.97 Å². The van der Waals surface area contributed by atoms with Gasteiger partial charge in [0.05, 0.1) is 17.7 Å². The highest BCUT2D eigenvalue weighted by atomic mass is 19.1. The summed E-state index contributed by atoms with van der Waals surface area (Å²) in [5, 5.41) is 8.82. The van der Waals surface area contributed by atoms with E-state index >= 15 is 0 Å². The molecule has 0 atom stereocenters. The largest absolute Gasteiger partial charge is 0.478 e. The van der Waals surface area contributed by atoms with Crippen molar-refractivity contribution in [1.82, 2.24) is 0 Å². The first kappa shape index (κ1) is 11.1. The van der Waals surface area contributed by atoms with Crippen LogP contribution in [0, 0.1) is 5.82 Å². The number of carbonyl (C=O) groups is 2. The molecule has 1 aliphatic heterocycles. The van der Waals surface area contributed by atoms with Gasteiger partial charge in [-0.2, -0.15) is 0 Å². The minimum Gasteiger partial charge on any atom is -0.478 e. The summed E-state index contributed by atoms with van der Waals surface area (Å²) in [6, 6.07) is 5.55. The second kappa shape index (κ2) is 3.89. The van der Waals surface area contributed by atoms with Crippen molar-refractivity contribution in [2.24, 2.45) is 5.73 Å². The smallest absolute Gasteiger partial charge is 0.335 e. The third-order valence-corrected chi connectivity index (χ3v) is 2.48. The number of halogens is 1. The standard InChI is InChI=1S/C11H9FN2O3/c12-7-3-1-2-4-8(7)14-9(15)5-6(10(14)13)11(16)17/h1-4H,5,13H2,(H,16,17). The van der Waals surface area contributed by atoms with E-state index in [1.54, 1.807) is 0 Å². The van der Waals surface area contributed by atoms with Crippen molar-refractivity contribution < 1.29 is 19.1 Å². The zero-order valence-electron chi connectivity index (χ0n) is 8.68. The molecule has 1 aromatic carbocycles. The molecule has 1 aliphatic rings. The molecule has 1 heterocycles. The molecular formula is C11H9FN2O3. The second-order valence-electron chi connectivity index (χ2n) is 3.53. The molecule has 0 radical (unpaired) electrons. The Morgan fingerprint density at radius 2 is 2.06 bits per heavy atom. The fraction of sp³-hybridized carbons (Fsp3) is 0.0909. The molecule has 0 aromatic heterocycles. The number of anilines is 1. The maximum atomic E-state index is 13.5. The average Bonchev–Trinajstić information content (AvgIpc) is 2.56. The molecule has 17 heavy (non-hydrogen) atoms. The van der Waals surface area contributed by atoms with Gasteiger partial charge in [0.25, 0.3) is 0 Å². The highest BCUT2D eigenvalue weighted by molar-refractivity contribution is 6.08. The quantitative estimate of drug-likeness (QED) is 0.796. The highest BCUT2D eigenvalue weighted by Crippen LogP contribution is 2.29. The Bertz CT molecular complexity index is 539. The van der Waals surface area contributed by atoms with Crippen molar-refractivity contribution in [3.8, 4) is 0 Å². The van der Waals surface area contributed by atoms with Crippen LogP contribution in [0.15, 0.2) is 35.7 Å². The summed E-state index contributed by atoms with van der Waals surface area (Å²) in [6.45, 7) is 0. The van der Waals surface area contributed by atoms with E-state index in [9.17, 15) is 14.0 Å². The fourth-order valence-electron chi connectivity index (χ4n) is 1.67. The van der Waals surface area contributed by atoms with Crippen LogP contribution in [-0.2, 0) is 9.59 Å². The lowest BCUT2D eigenvalue weighted by Gasteiger charge is -2.17. The van der Waals surface area contributed by atoms with Gasteiger partial charge in [-0.3, -0.25) is 9.69 Å². The van der Waals surface area contributed by atoms with Gasteiger partial charge in [-0.15, -0.1) is 0 Å². The zero-order valence-corrected chi connectivity index (χ0v) is 8.68. The molecule has 0 unspecified atom stereocenters. The lowest BCUT2D eigenvalue weighted by molar-refractivity contribution is -0.133. The molecule has 2 rings (SSSR count). The minimum atomic E-state index is -1.27. The van der Waals surface area contributed by atoms with Gasteiger partial charge in [0, 0.05) is 0 Å². The van der Waals surface area contributed by atoms with E-state index in [-0.39, 0.29) is 23.5 Å². The van der Waals surface area contributed by atoms with E-state index in [2.05, 4.69) is 0 Å². The molecule has 6 heteroatoms. The van der Waals surface area contributed by atoms with E-state index < -0.39 is 17.7 Å². The first-order chi connectivity index (χ1) is 8.02. The van der Waals surface area contributed by atoms with Crippen LogP contribution in [-0.4, -0.2) is 17.0 Å². The van der Waals surface area contributed by atoms with Crippen LogP contribution >= 0.6 is 0 Å². The summed E-state index contributed by atoms with van der Waals surface area (Å²) in [5.41, 5.74) is 5.31. The van der Waals surface area contributed by atoms with E-state index in [0.29, 0.717) is 0 Å². The Balaban J connectivity index is 2.50. The Labute approximate surface area is 95.9 Å². The van der Waals surface area contributed by atoms with Crippen molar-refractivity contribution in [2.45, 2.75) is 6.42 Å². The lowest BCUT2D eigenvalue weighted by atomic mass is 10.2. The van der Waals surface area contributed by atoms with E-state index in [1.165, 1.54) is 24.3 Å². The number of carboxylic acid groups (broad SMARTS) is 1. The van der Waals surface area contributed by atoms with Crippen LogP contribution in [0.25, 0.3) is 0 Å². The van der Waals surface area contributed by atoms with Gasteiger partial charge in [0.2, 0.25) is 5.91 Å². The number of carboxylic acids is 1. The molecule has 0 aliphatic carbocycles. The average molecular weight is 236 g/mol. The van der Waals surface area contributed by atoms with Gasteiger partial charge in [-0.05, 0) is 12.1 Å². The Hall–Kier alpha value is -2.37. The number of nitrogens with two attached hydrogens (primary N) is 1. The summed E-state index contributed by atoms with van der Waals surface area (Å²) in [4.78, 5) is 23.3. The maximum Gasteiger partial charge on any atom is 0.335 e. The molecule has 0 fully saturated rings. The van der Waals surface area contributed by atoms with Crippen molar-refractivity contribution in [3.05, 3.63) is 41.5 Å². The number of aliphatic carboxylic acids is 1. The van der Waals surface area contributed by atoms with Gasteiger partial charge < -0.3 is 10.8 Å². The van der Waals surface area contributed by atoms with Crippen LogP contribution in [0.3, 0.4) is 0 Å². The van der Waals surface area contributed by atoms with E-state index in [4.69, 9.17) is 10.8 Å². The maximum absolute atomic E-state index is 13.5. The van der Waals surface area contributed by atoms with Gasteiger partial charge in [-0.1, -0.05) is 12.1 Å². The number of carbonyl (C=O) groups excluding carboxylic acids is 1. The van der Waals surface area contributed by atoms with E-state index in [0.717, 1.165) is 4.90 Å². The summed E-state index contributed by atoms with van der Waals surface area (Å²) >= 11 is 0. The van der Waals surface area contributed by atoms with Gasteiger partial charge in [-0.25, -0.2) is 9.18 Å². The molecule has 5 nitrogen and oxygen atoms in total. The van der Waals surface area contributed by atoms with Gasteiger partial charge in [0.1, 0.15) is 11.6 Å². The summed E-state index contributed by atoms with van der Waals surface area (Å²) in [5.74, 6) is -2.68. The SMILES string of the molecule is NC1=C(C(=O)O)CC(=O)N1c1ccccc1F. The van der Waals surface area contributed by atoms with Crippen LogP contribution in [0.1, 0.15) is 6.42 Å². The van der Waals surface area contributed by atoms with Crippen LogP contribution in [0.4, 0.5) is 10.1 Å². The molecule has 1 amide bonds. The second-order valence-corrected chi connectivity index (χ2v) is 3.53. The fourth-order valence-corrected chi connectivity index (χ4v) is 1.67. The Kier molecular flexibility index (Phi) is 2.55. The normalized spacial score (nSPS) is 15.6. The zero-order chi connectivity index (χ0) is 12.6. The van der Waals surface area contributed by atoms with Crippen molar-refractivity contribution in [1.29, 1.82) is 0 Å². The molecule has 0 saturated carbocycles. The Morgan fingerprint density at radius 1 is 1.41 bits per heavy atom. The monoisotopic (exact) mass is 236 g/mol. The molecule has 0 spiro atoms. The predicted molar refractivity (Wildman–Crippen MR) is 57.4 cm³/mol. The summed E-state index contributed by atoms with van der Waals surface area (Å²) in [7, 11) is 0. The van der Waals surface area contributed by atoms with Crippen molar-refractivity contribution in [2.75, 3.05) is 4.90 Å². The van der Waals surface area contributed by atoms with E-state index in [1.807, 2.05) is 0 Å². The first-order valence-electron chi connectivity index (χ1n) is 4.81. The van der Waals surface area contributed by atoms with Crippen molar-refractivity contribution >= 4 is 17.6 Å². The summed E-state index contributed by atoms with van der Waals surface area (Å²) < 4.78 is 13.5. The molecule has 0 bridgehead atoms. The highest BCUT2D eigenvalue weighted by Gasteiger charge is 2.34. The van der Waals surface area contributed by atoms with Gasteiger partial charge in [0.15, 0.2) is 0 Å². The van der Waals surface area contributed by atoms with Crippen LogP contribution in [0.2, 0.25) is 0 Å². The molecular weight excluding hydrogens is 227 g/mol. The summed E-state index contributed by atoms with van der Waals surface area (Å²) in [6.07, 6.45) is -0.324. The molecule has 3 N–H and O–H groups in total. The molecule has 1 aromatic rings. The first-order valence-corrected chi connectivity index (χ1v) is 4.81.